The first-order valence-electron chi connectivity index (χ1n) is 14.3. The standard InChI is InChI=1S/C33H35N7O2/c1-22(2)38-16-18-39(19-17-38)28-15-14-25(20-29(28)42-4)35-33-34-21-26-31(36-33)30(24-11-6-5-7-12-24)37-40(32(26)41)27-13-9-8-10-23(27)3/h5-15,20-22H,16-19H2,1-4H3,(H,34,35,36). The number of anilines is 3. The topological polar surface area (TPSA) is 88.4 Å². The number of benzene rings is 3. The van der Waals surface area contributed by atoms with E-state index in [0.29, 0.717) is 28.6 Å². The summed E-state index contributed by atoms with van der Waals surface area (Å²) >= 11 is 0. The quantitative estimate of drug-likeness (QED) is 0.281. The molecule has 0 saturated carbocycles. The highest BCUT2D eigenvalue weighted by Gasteiger charge is 2.22. The molecule has 1 N–H and O–H groups in total. The van der Waals surface area contributed by atoms with E-state index in [1.165, 1.54) is 4.68 Å². The Morgan fingerprint density at radius 2 is 1.64 bits per heavy atom. The predicted octanol–water partition coefficient (Wildman–Crippen LogP) is 5.43. The fourth-order valence-corrected chi connectivity index (χ4v) is 5.47. The van der Waals surface area contributed by atoms with Crippen molar-refractivity contribution in [2.24, 2.45) is 0 Å². The van der Waals surface area contributed by atoms with Crippen LogP contribution in [-0.2, 0) is 0 Å². The number of para-hydroxylation sites is 1. The van der Waals surface area contributed by atoms with E-state index in [0.717, 1.165) is 60.1 Å². The van der Waals surface area contributed by atoms with Gasteiger partial charge in [-0.05, 0) is 44.5 Å². The second-order valence-corrected chi connectivity index (χ2v) is 10.8. The Balaban J connectivity index is 1.36. The minimum Gasteiger partial charge on any atom is -0.495 e. The van der Waals surface area contributed by atoms with Crippen molar-refractivity contribution in [2.45, 2.75) is 26.8 Å². The Labute approximate surface area is 245 Å². The zero-order valence-corrected chi connectivity index (χ0v) is 24.4. The number of ether oxygens (including phenoxy) is 1. The number of hydrogen-bond donors (Lipinski definition) is 1. The molecular weight excluding hydrogens is 526 g/mol. The summed E-state index contributed by atoms with van der Waals surface area (Å²) in [5, 5.41) is 8.52. The summed E-state index contributed by atoms with van der Waals surface area (Å²) in [4.78, 5) is 27.8. The van der Waals surface area contributed by atoms with E-state index in [1.54, 1.807) is 13.3 Å². The molecule has 3 heterocycles. The molecule has 5 aromatic rings. The third kappa shape index (κ3) is 5.31. The number of aryl methyl sites for hydroxylation is 1. The van der Waals surface area contributed by atoms with Gasteiger partial charge in [-0.3, -0.25) is 9.69 Å². The van der Waals surface area contributed by atoms with Crippen molar-refractivity contribution in [2.75, 3.05) is 43.5 Å². The first-order chi connectivity index (χ1) is 20.4. The van der Waals surface area contributed by atoms with Gasteiger partial charge in [-0.1, -0.05) is 48.5 Å². The van der Waals surface area contributed by atoms with Crippen molar-refractivity contribution in [1.82, 2.24) is 24.6 Å². The molecular formula is C33H35N7O2. The van der Waals surface area contributed by atoms with Gasteiger partial charge in [-0.15, -0.1) is 0 Å². The van der Waals surface area contributed by atoms with E-state index in [1.807, 2.05) is 73.7 Å². The Bertz CT molecular complexity index is 1780. The second-order valence-electron chi connectivity index (χ2n) is 10.8. The van der Waals surface area contributed by atoms with Crippen molar-refractivity contribution in [3.63, 3.8) is 0 Å². The van der Waals surface area contributed by atoms with Crippen LogP contribution < -0.4 is 20.5 Å². The van der Waals surface area contributed by atoms with Crippen LogP contribution in [0.4, 0.5) is 17.3 Å². The average molecular weight is 562 g/mol. The van der Waals surface area contributed by atoms with Crippen LogP contribution in [0.1, 0.15) is 19.4 Å². The maximum Gasteiger partial charge on any atom is 0.282 e. The van der Waals surface area contributed by atoms with Gasteiger partial charge in [-0.25, -0.2) is 9.97 Å². The van der Waals surface area contributed by atoms with Crippen LogP contribution in [0.5, 0.6) is 5.75 Å². The van der Waals surface area contributed by atoms with Crippen LogP contribution in [-0.4, -0.2) is 64.0 Å². The van der Waals surface area contributed by atoms with Gasteiger partial charge in [0.2, 0.25) is 5.95 Å². The largest absolute Gasteiger partial charge is 0.495 e. The van der Waals surface area contributed by atoms with Crippen molar-refractivity contribution >= 4 is 28.2 Å². The molecule has 9 heteroatoms. The number of nitrogens with zero attached hydrogens (tertiary/aromatic N) is 6. The summed E-state index contributed by atoms with van der Waals surface area (Å²) in [6.07, 6.45) is 1.58. The van der Waals surface area contributed by atoms with Crippen LogP contribution in [0.3, 0.4) is 0 Å². The first-order valence-corrected chi connectivity index (χ1v) is 14.3. The lowest BCUT2D eigenvalue weighted by atomic mass is 10.1. The third-order valence-corrected chi connectivity index (χ3v) is 7.85. The average Bonchev–Trinajstić information content (AvgIpc) is 3.02. The zero-order valence-electron chi connectivity index (χ0n) is 24.4. The summed E-state index contributed by atoms with van der Waals surface area (Å²) < 4.78 is 7.23. The van der Waals surface area contributed by atoms with Gasteiger partial charge >= 0.3 is 0 Å². The molecule has 3 aromatic carbocycles. The van der Waals surface area contributed by atoms with Gasteiger partial charge in [0.15, 0.2) is 0 Å². The molecule has 2 aromatic heterocycles. The first kappa shape index (κ1) is 27.4. The minimum absolute atomic E-state index is 0.269. The molecule has 42 heavy (non-hydrogen) atoms. The van der Waals surface area contributed by atoms with Crippen LogP contribution in [0.25, 0.3) is 27.8 Å². The molecule has 9 nitrogen and oxygen atoms in total. The molecule has 0 aliphatic carbocycles. The Hall–Kier alpha value is -4.76. The number of fused-ring (bicyclic) bond motifs is 1. The molecule has 214 valence electrons. The van der Waals surface area contributed by atoms with Crippen molar-refractivity contribution in [1.29, 1.82) is 0 Å². The normalized spacial score (nSPS) is 14.0. The summed E-state index contributed by atoms with van der Waals surface area (Å²) in [7, 11) is 1.69. The number of rotatable bonds is 7. The van der Waals surface area contributed by atoms with Gasteiger partial charge in [0.1, 0.15) is 17.0 Å². The van der Waals surface area contributed by atoms with Gasteiger partial charge in [0.25, 0.3) is 5.56 Å². The van der Waals surface area contributed by atoms with Gasteiger partial charge in [0.05, 0.1) is 23.9 Å². The SMILES string of the molecule is COc1cc(Nc2ncc3c(=O)n(-c4ccccc4C)nc(-c4ccccc4)c3n2)ccc1N1CCN(C(C)C)CC1. The molecule has 0 amide bonds. The number of nitrogens with one attached hydrogen (secondary N) is 1. The summed E-state index contributed by atoms with van der Waals surface area (Å²) in [5.41, 5.74) is 5.21. The van der Waals surface area contributed by atoms with E-state index in [2.05, 4.69) is 40.0 Å². The minimum atomic E-state index is -0.269. The maximum absolute atomic E-state index is 13.6. The van der Waals surface area contributed by atoms with Crippen LogP contribution in [0, 0.1) is 6.92 Å². The Morgan fingerprint density at radius 3 is 2.36 bits per heavy atom. The van der Waals surface area contributed by atoms with Gasteiger partial charge < -0.3 is 15.0 Å². The number of piperazine rings is 1. The van der Waals surface area contributed by atoms with Crippen molar-refractivity contribution in [3.8, 4) is 22.7 Å². The van der Waals surface area contributed by atoms with Crippen LogP contribution >= 0.6 is 0 Å². The molecule has 1 aliphatic rings. The number of methoxy groups -OCH3 is 1. The highest BCUT2D eigenvalue weighted by Crippen LogP contribution is 2.33. The molecule has 0 atom stereocenters. The highest BCUT2D eigenvalue weighted by molar-refractivity contribution is 5.91. The molecule has 1 aliphatic heterocycles. The predicted molar refractivity (Wildman–Crippen MR) is 168 cm³/mol. The van der Waals surface area contributed by atoms with Gasteiger partial charge in [-0.2, -0.15) is 9.78 Å². The lowest BCUT2D eigenvalue weighted by Gasteiger charge is -2.38. The molecule has 0 bridgehead atoms. The third-order valence-electron chi connectivity index (χ3n) is 7.85. The number of hydrogen-bond acceptors (Lipinski definition) is 8. The summed E-state index contributed by atoms with van der Waals surface area (Å²) in [6, 6.07) is 24.1. The second kappa shape index (κ2) is 11.6. The Morgan fingerprint density at radius 1 is 0.905 bits per heavy atom. The zero-order chi connectivity index (χ0) is 29.2. The van der Waals surface area contributed by atoms with Gasteiger partial charge in [0, 0.05) is 55.7 Å². The summed E-state index contributed by atoms with van der Waals surface area (Å²) in [5.74, 6) is 1.15. The molecule has 0 spiro atoms. The molecule has 1 fully saturated rings. The van der Waals surface area contributed by atoms with Crippen molar-refractivity contribution in [3.05, 3.63) is 94.9 Å². The fourth-order valence-electron chi connectivity index (χ4n) is 5.47. The molecule has 1 saturated heterocycles. The molecule has 0 radical (unpaired) electrons. The number of aromatic nitrogens is 4. The van der Waals surface area contributed by atoms with E-state index in [9.17, 15) is 4.79 Å². The fraction of sp³-hybridized carbons (Fsp3) is 0.273. The lowest BCUT2D eigenvalue weighted by Crippen LogP contribution is -2.49. The van der Waals surface area contributed by atoms with E-state index in [4.69, 9.17) is 14.8 Å². The monoisotopic (exact) mass is 561 g/mol. The summed E-state index contributed by atoms with van der Waals surface area (Å²) in [6.45, 7) is 10.4. The maximum atomic E-state index is 13.6. The van der Waals surface area contributed by atoms with E-state index >= 15 is 0 Å². The van der Waals surface area contributed by atoms with Crippen LogP contribution in [0.15, 0.2) is 83.8 Å². The molecule has 0 unspecified atom stereocenters. The smallest absolute Gasteiger partial charge is 0.282 e. The molecule has 6 rings (SSSR count). The van der Waals surface area contributed by atoms with Crippen molar-refractivity contribution < 1.29 is 4.74 Å². The lowest BCUT2D eigenvalue weighted by molar-refractivity contribution is 0.209. The van der Waals surface area contributed by atoms with E-state index in [-0.39, 0.29) is 5.56 Å². The Kier molecular flexibility index (Phi) is 7.58. The van der Waals surface area contributed by atoms with Crippen LogP contribution in [0.2, 0.25) is 0 Å². The van der Waals surface area contributed by atoms with E-state index < -0.39 is 0 Å². The highest BCUT2D eigenvalue weighted by atomic mass is 16.5.